The van der Waals surface area contributed by atoms with Crippen molar-refractivity contribution in [1.82, 2.24) is 10.2 Å². The Kier molecular flexibility index (Phi) is 5.65. The third-order valence-corrected chi connectivity index (χ3v) is 7.26. The van der Waals surface area contributed by atoms with Gasteiger partial charge < -0.3 is 15.5 Å². The van der Waals surface area contributed by atoms with E-state index in [1.165, 1.54) is 19.3 Å². The second-order valence-electron chi connectivity index (χ2n) is 9.59. The van der Waals surface area contributed by atoms with E-state index in [-0.39, 0.29) is 17.2 Å². The van der Waals surface area contributed by atoms with Crippen LogP contribution in [-0.2, 0) is 16.0 Å². The number of nitrogens with zero attached hydrogens (tertiary/aromatic N) is 1. The van der Waals surface area contributed by atoms with E-state index in [2.05, 4.69) is 10.6 Å². The molecule has 1 aromatic rings. The van der Waals surface area contributed by atoms with Crippen LogP contribution in [0.15, 0.2) is 24.3 Å². The quantitative estimate of drug-likeness (QED) is 0.722. The summed E-state index contributed by atoms with van der Waals surface area (Å²) in [5.74, 6) is 2.42. The molecule has 4 fully saturated rings. The van der Waals surface area contributed by atoms with Gasteiger partial charge in [0.05, 0.1) is 5.41 Å². The summed E-state index contributed by atoms with van der Waals surface area (Å²) in [7, 11) is 3.54. The average Bonchev–Trinajstić information content (AvgIpc) is 2.65. The SMILES string of the molecule is CN(C)C(=O)CCc1cccc(NC(=S)NC(=O)C23CC4CC(CC(C4)C2)C3)c1. The third-order valence-electron chi connectivity index (χ3n) is 7.06. The van der Waals surface area contributed by atoms with E-state index in [0.717, 1.165) is 48.3 Å². The molecule has 6 heteroatoms. The van der Waals surface area contributed by atoms with Gasteiger partial charge in [-0.2, -0.15) is 0 Å². The molecule has 156 valence electrons. The molecule has 0 saturated heterocycles. The highest BCUT2D eigenvalue weighted by atomic mass is 32.1. The molecule has 0 unspecified atom stereocenters. The smallest absolute Gasteiger partial charge is 0.232 e. The summed E-state index contributed by atoms with van der Waals surface area (Å²) >= 11 is 5.45. The van der Waals surface area contributed by atoms with Crippen molar-refractivity contribution >= 4 is 34.8 Å². The average molecular weight is 414 g/mol. The maximum Gasteiger partial charge on any atom is 0.232 e. The van der Waals surface area contributed by atoms with Gasteiger partial charge in [0.25, 0.3) is 0 Å². The van der Waals surface area contributed by atoms with Crippen LogP contribution in [0, 0.1) is 23.2 Å². The number of benzene rings is 1. The molecule has 0 spiro atoms. The second kappa shape index (κ2) is 8.05. The Balaban J connectivity index is 1.33. The molecule has 2 N–H and O–H groups in total. The molecule has 0 atom stereocenters. The minimum Gasteiger partial charge on any atom is -0.349 e. The van der Waals surface area contributed by atoms with Crippen molar-refractivity contribution in [3.63, 3.8) is 0 Å². The van der Waals surface area contributed by atoms with Crippen LogP contribution in [0.25, 0.3) is 0 Å². The zero-order chi connectivity index (χ0) is 20.6. The fraction of sp³-hybridized carbons (Fsp3) is 0.609. The Labute approximate surface area is 178 Å². The lowest BCUT2D eigenvalue weighted by Gasteiger charge is -2.55. The first-order chi connectivity index (χ1) is 13.8. The Morgan fingerprint density at radius 3 is 2.31 bits per heavy atom. The number of thiocarbonyl (C=S) groups is 1. The molecule has 1 aromatic carbocycles. The van der Waals surface area contributed by atoms with Crippen LogP contribution in [0.2, 0.25) is 0 Å². The molecule has 4 aliphatic rings. The van der Waals surface area contributed by atoms with E-state index >= 15 is 0 Å². The molecule has 0 radical (unpaired) electrons. The maximum absolute atomic E-state index is 13.1. The fourth-order valence-corrected chi connectivity index (χ4v) is 6.28. The lowest BCUT2D eigenvalue weighted by atomic mass is 9.49. The zero-order valence-electron chi connectivity index (χ0n) is 17.4. The van der Waals surface area contributed by atoms with Gasteiger partial charge in [0, 0.05) is 26.2 Å². The number of nitrogens with one attached hydrogen (secondary N) is 2. The number of hydrogen-bond donors (Lipinski definition) is 2. The Bertz CT molecular complexity index is 785. The van der Waals surface area contributed by atoms with Crippen LogP contribution >= 0.6 is 12.2 Å². The summed E-state index contributed by atoms with van der Waals surface area (Å²) in [4.78, 5) is 26.5. The molecule has 0 aromatic heterocycles. The normalized spacial score (nSPS) is 29.4. The van der Waals surface area contributed by atoms with Crippen LogP contribution in [0.3, 0.4) is 0 Å². The highest BCUT2D eigenvalue weighted by Gasteiger charge is 2.54. The van der Waals surface area contributed by atoms with Gasteiger partial charge in [-0.15, -0.1) is 0 Å². The highest BCUT2D eigenvalue weighted by molar-refractivity contribution is 7.80. The minimum absolute atomic E-state index is 0.113. The first kappa shape index (κ1) is 20.3. The molecule has 0 heterocycles. The molecule has 0 aliphatic heterocycles. The predicted octanol–water partition coefficient (Wildman–Crippen LogP) is 3.74. The van der Waals surface area contributed by atoms with Crippen molar-refractivity contribution in [1.29, 1.82) is 0 Å². The summed E-state index contributed by atoms with van der Waals surface area (Å²) in [5, 5.41) is 6.52. The molecule has 2 amide bonds. The molecular formula is C23H31N3O2S. The monoisotopic (exact) mass is 413 g/mol. The van der Waals surface area contributed by atoms with E-state index in [1.807, 2.05) is 24.3 Å². The maximum atomic E-state index is 13.1. The van der Waals surface area contributed by atoms with Crippen molar-refractivity contribution in [3.05, 3.63) is 29.8 Å². The Hall–Kier alpha value is -1.95. The van der Waals surface area contributed by atoms with Gasteiger partial charge in [-0.05, 0) is 92.6 Å². The number of anilines is 1. The summed E-state index contributed by atoms with van der Waals surface area (Å²) in [6, 6.07) is 7.87. The van der Waals surface area contributed by atoms with Crippen LogP contribution in [-0.4, -0.2) is 35.9 Å². The van der Waals surface area contributed by atoms with Crippen molar-refractivity contribution in [2.75, 3.05) is 19.4 Å². The molecular weight excluding hydrogens is 382 g/mol. The molecule has 4 saturated carbocycles. The first-order valence-corrected chi connectivity index (χ1v) is 11.2. The minimum atomic E-state index is -0.200. The lowest BCUT2D eigenvalue weighted by molar-refractivity contribution is -0.144. The number of hydrogen-bond acceptors (Lipinski definition) is 3. The number of aryl methyl sites for hydroxylation is 1. The predicted molar refractivity (Wildman–Crippen MR) is 118 cm³/mol. The Morgan fingerprint density at radius 2 is 1.72 bits per heavy atom. The summed E-state index contributed by atoms with van der Waals surface area (Å²) in [6.07, 6.45) is 8.20. The zero-order valence-corrected chi connectivity index (χ0v) is 18.2. The van der Waals surface area contributed by atoms with Gasteiger partial charge in [0.1, 0.15) is 0 Å². The van der Waals surface area contributed by atoms with E-state index in [4.69, 9.17) is 12.2 Å². The van der Waals surface area contributed by atoms with Gasteiger partial charge in [-0.3, -0.25) is 9.59 Å². The van der Waals surface area contributed by atoms with E-state index in [0.29, 0.717) is 18.0 Å². The molecule has 4 bridgehead atoms. The van der Waals surface area contributed by atoms with Crippen molar-refractivity contribution in [2.45, 2.75) is 51.4 Å². The van der Waals surface area contributed by atoms with Crippen LogP contribution in [0.5, 0.6) is 0 Å². The molecule has 4 aliphatic carbocycles. The van der Waals surface area contributed by atoms with Gasteiger partial charge >= 0.3 is 0 Å². The second-order valence-corrected chi connectivity index (χ2v) is 10.0. The highest BCUT2D eigenvalue weighted by Crippen LogP contribution is 2.60. The standard InChI is InChI=1S/C23H31N3O2S/c1-26(2)20(27)7-6-15-4-3-5-19(11-15)24-22(29)25-21(28)23-12-16-8-17(13-23)10-18(9-16)14-23/h3-5,11,16-18H,6-10,12-14H2,1-2H3,(H2,24,25,28,29). The fourth-order valence-electron chi connectivity index (χ4n) is 6.07. The van der Waals surface area contributed by atoms with Gasteiger partial charge in [0.2, 0.25) is 11.8 Å². The molecule has 5 rings (SSSR count). The molecule has 5 nitrogen and oxygen atoms in total. The van der Waals surface area contributed by atoms with E-state index in [9.17, 15) is 9.59 Å². The first-order valence-electron chi connectivity index (χ1n) is 10.7. The van der Waals surface area contributed by atoms with Crippen molar-refractivity contribution in [3.8, 4) is 0 Å². The summed E-state index contributed by atoms with van der Waals surface area (Å²) < 4.78 is 0. The van der Waals surface area contributed by atoms with E-state index in [1.54, 1.807) is 19.0 Å². The van der Waals surface area contributed by atoms with E-state index < -0.39 is 0 Å². The topological polar surface area (TPSA) is 61.4 Å². The van der Waals surface area contributed by atoms with Crippen LogP contribution < -0.4 is 10.6 Å². The number of carbonyl (C=O) groups excluding carboxylic acids is 2. The van der Waals surface area contributed by atoms with Crippen LogP contribution in [0.1, 0.15) is 50.5 Å². The van der Waals surface area contributed by atoms with Gasteiger partial charge in [-0.1, -0.05) is 12.1 Å². The largest absolute Gasteiger partial charge is 0.349 e. The van der Waals surface area contributed by atoms with Crippen molar-refractivity contribution < 1.29 is 9.59 Å². The van der Waals surface area contributed by atoms with Crippen LogP contribution in [0.4, 0.5) is 5.69 Å². The number of rotatable bonds is 5. The lowest BCUT2D eigenvalue weighted by Crippen LogP contribution is -2.55. The van der Waals surface area contributed by atoms with Gasteiger partial charge in [0.15, 0.2) is 5.11 Å². The van der Waals surface area contributed by atoms with Crippen molar-refractivity contribution in [2.24, 2.45) is 23.2 Å². The Morgan fingerprint density at radius 1 is 1.10 bits per heavy atom. The third kappa shape index (κ3) is 4.47. The number of amides is 2. The molecule has 29 heavy (non-hydrogen) atoms. The number of carbonyl (C=O) groups is 2. The summed E-state index contributed by atoms with van der Waals surface area (Å²) in [6.45, 7) is 0. The van der Waals surface area contributed by atoms with Gasteiger partial charge in [-0.25, -0.2) is 0 Å². The summed E-state index contributed by atoms with van der Waals surface area (Å²) in [5.41, 5.74) is 1.71.